The fourth-order valence-corrected chi connectivity index (χ4v) is 3.92. The van der Waals surface area contributed by atoms with E-state index in [0.29, 0.717) is 30.0 Å². The van der Waals surface area contributed by atoms with Crippen LogP contribution in [0.25, 0.3) is 0 Å². The summed E-state index contributed by atoms with van der Waals surface area (Å²) in [6, 6.07) is 3.40. The summed E-state index contributed by atoms with van der Waals surface area (Å²) in [5, 5.41) is 6.38. The van der Waals surface area contributed by atoms with E-state index in [4.69, 9.17) is 0 Å². The molecular weight excluding hydrogens is 316 g/mol. The summed E-state index contributed by atoms with van der Waals surface area (Å²) in [6.45, 7) is 6.96. The number of nitrogens with one attached hydrogen (secondary N) is 4. The highest BCUT2D eigenvalue weighted by Crippen LogP contribution is 2.36. The molecule has 1 saturated heterocycles. The van der Waals surface area contributed by atoms with Gasteiger partial charge in [0, 0.05) is 49.3 Å². The molecule has 138 valence electrons. The van der Waals surface area contributed by atoms with Gasteiger partial charge < -0.3 is 10.6 Å². The number of anilines is 1. The van der Waals surface area contributed by atoms with Crippen molar-refractivity contribution < 1.29 is 4.79 Å². The van der Waals surface area contributed by atoms with Gasteiger partial charge in [0.15, 0.2) is 0 Å². The van der Waals surface area contributed by atoms with Crippen LogP contribution in [0.15, 0.2) is 12.4 Å². The highest BCUT2D eigenvalue weighted by atomic mass is 16.1. The number of aromatic nitrogens is 2. The lowest BCUT2D eigenvalue weighted by molar-refractivity contribution is -0.120. The largest absolute Gasteiger partial charge is 0.370 e. The first-order valence-electron chi connectivity index (χ1n) is 9.37. The quantitative estimate of drug-likeness (QED) is 0.560. The molecule has 0 spiro atoms. The Bertz CT molecular complexity index is 579. The summed E-state index contributed by atoms with van der Waals surface area (Å²) < 4.78 is 0. The summed E-state index contributed by atoms with van der Waals surface area (Å²) in [5.74, 6) is 2.04. The lowest BCUT2D eigenvalue weighted by Gasteiger charge is -2.35. The van der Waals surface area contributed by atoms with E-state index in [1.54, 1.807) is 13.3 Å². The average molecular weight is 346 g/mol. The predicted molar refractivity (Wildman–Crippen MR) is 98.0 cm³/mol. The van der Waals surface area contributed by atoms with E-state index in [-0.39, 0.29) is 5.91 Å². The Hall–Kier alpha value is -1.73. The van der Waals surface area contributed by atoms with Crippen molar-refractivity contribution in [3.05, 3.63) is 18.1 Å². The molecule has 2 aliphatic rings. The first kappa shape index (κ1) is 18.1. The van der Waals surface area contributed by atoms with E-state index in [2.05, 4.69) is 51.4 Å². The van der Waals surface area contributed by atoms with Crippen molar-refractivity contribution in [3.63, 3.8) is 0 Å². The molecule has 2 fully saturated rings. The van der Waals surface area contributed by atoms with E-state index in [1.807, 2.05) is 0 Å². The van der Waals surface area contributed by atoms with Gasteiger partial charge in [0.1, 0.15) is 12.1 Å². The van der Waals surface area contributed by atoms with Crippen molar-refractivity contribution in [2.24, 2.45) is 5.92 Å². The number of hydrogen-bond acceptors (Lipinski definition) is 6. The summed E-state index contributed by atoms with van der Waals surface area (Å²) in [5.41, 5.74) is 7.69. The first-order chi connectivity index (χ1) is 12.0. The van der Waals surface area contributed by atoms with Crippen LogP contribution >= 0.6 is 0 Å². The van der Waals surface area contributed by atoms with Crippen LogP contribution in [0.2, 0.25) is 0 Å². The van der Waals surface area contributed by atoms with Crippen molar-refractivity contribution in [2.45, 2.75) is 70.5 Å². The van der Waals surface area contributed by atoms with Crippen LogP contribution in [0.1, 0.15) is 58.1 Å². The van der Waals surface area contributed by atoms with E-state index in [1.165, 1.54) is 6.42 Å². The minimum atomic E-state index is 0.0461. The number of amides is 1. The topological polar surface area (TPSA) is 91.0 Å². The lowest BCUT2D eigenvalue weighted by Crippen LogP contribution is -2.42. The third kappa shape index (κ3) is 4.67. The molecule has 0 radical (unpaired) electrons. The molecule has 25 heavy (non-hydrogen) atoms. The second-order valence-corrected chi connectivity index (χ2v) is 7.49. The van der Waals surface area contributed by atoms with Gasteiger partial charge in [0.05, 0.1) is 0 Å². The van der Waals surface area contributed by atoms with Crippen LogP contribution in [0, 0.1) is 5.92 Å². The van der Waals surface area contributed by atoms with Gasteiger partial charge in [-0.1, -0.05) is 0 Å². The number of hydrogen-bond donors (Lipinski definition) is 4. The van der Waals surface area contributed by atoms with Gasteiger partial charge in [-0.05, 0) is 45.4 Å². The van der Waals surface area contributed by atoms with Crippen molar-refractivity contribution >= 4 is 11.7 Å². The molecule has 3 rings (SSSR count). The van der Waals surface area contributed by atoms with E-state index in [9.17, 15) is 4.79 Å². The first-order valence-corrected chi connectivity index (χ1v) is 9.37. The molecule has 0 aromatic carbocycles. The Morgan fingerprint density at radius 3 is 2.64 bits per heavy atom. The van der Waals surface area contributed by atoms with Gasteiger partial charge in [0.2, 0.25) is 5.91 Å². The highest BCUT2D eigenvalue weighted by molar-refractivity contribution is 5.73. The molecule has 1 aromatic rings. The Balaban J connectivity index is 1.41. The van der Waals surface area contributed by atoms with Crippen LogP contribution in [-0.2, 0) is 4.79 Å². The maximum atomic E-state index is 11.1. The normalized spacial score (nSPS) is 31.4. The molecule has 7 nitrogen and oxygen atoms in total. The Labute approximate surface area is 149 Å². The summed E-state index contributed by atoms with van der Waals surface area (Å²) >= 11 is 0. The predicted octanol–water partition coefficient (Wildman–Crippen LogP) is 1.55. The molecule has 0 bridgehead atoms. The molecule has 2 atom stereocenters. The Kier molecular flexibility index (Phi) is 5.86. The molecule has 2 unspecified atom stereocenters. The molecule has 1 aliphatic heterocycles. The third-order valence-corrected chi connectivity index (χ3v) is 5.50. The van der Waals surface area contributed by atoms with Gasteiger partial charge in [-0.25, -0.2) is 9.97 Å². The van der Waals surface area contributed by atoms with Crippen LogP contribution in [0.3, 0.4) is 0 Å². The van der Waals surface area contributed by atoms with Crippen LogP contribution < -0.4 is 21.5 Å². The fraction of sp³-hybridized carbons (Fsp3) is 0.722. The molecule has 2 heterocycles. The monoisotopic (exact) mass is 346 g/mol. The maximum Gasteiger partial charge on any atom is 0.217 e. The molecule has 4 N–H and O–H groups in total. The number of carbonyl (C=O) groups excluding carboxylic acids is 1. The SMILES string of the molecule is CC(=O)NC1CC(c2cc(NCCCC3C(C)NNC3C)ncn2)C1. The summed E-state index contributed by atoms with van der Waals surface area (Å²) in [6.07, 6.45) is 5.88. The lowest BCUT2D eigenvalue weighted by atomic mass is 9.78. The van der Waals surface area contributed by atoms with E-state index >= 15 is 0 Å². The van der Waals surface area contributed by atoms with Crippen molar-refractivity contribution in [2.75, 3.05) is 11.9 Å². The fourth-order valence-electron chi connectivity index (χ4n) is 3.92. The second kappa shape index (κ2) is 8.10. The van der Waals surface area contributed by atoms with Crippen molar-refractivity contribution in [1.29, 1.82) is 0 Å². The molecule has 1 aliphatic carbocycles. The van der Waals surface area contributed by atoms with Gasteiger partial charge >= 0.3 is 0 Å². The maximum absolute atomic E-state index is 11.1. The third-order valence-electron chi connectivity index (χ3n) is 5.50. The summed E-state index contributed by atoms with van der Waals surface area (Å²) in [4.78, 5) is 19.8. The summed E-state index contributed by atoms with van der Waals surface area (Å²) in [7, 11) is 0. The smallest absolute Gasteiger partial charge is 0.217 e. The zero-order chi connectivity index (χ0) is 17.8. The minimum Gasteiger partial charge on any atom is -0.370 e. The number of carbonyl (C=O) groups is 1. The molecule has 7 heteroatoms. The van der Waals surface area contributed by atoms with Gasteiger partial charge in [-0.2, -0.15) is 0 Å². The molecule has 1 amide bonds. The molecule has 1 saturated carbocycles. The van der Waals surface area contributed by atoms with E-state index < -0.39 is 0 Å². The van der Waals surface area contributed by atoms with Crippen molar-refractivity contribution in [3.8, 4) is 0 Å². The van der Waals surface area contributed by atoms with Gasteiger partial charge in [0.25, 0.3) is 0 Å². The van der Waals surface area contributed by atoms with Crippen LogP contribution in [0.4, 0.5) is 5.82 Å². The van der Waals surface area contributed by atoms with Crippen LogP contribution in [-0.4, -0.2) is 40.5 Å². The van der Waals surface area contributed by atoms with E-state index in [0.717, 1.165) is 37.3 Å². The molecular formula is C18H30N6O. The zero-order valence-electron chi connectivity index (χ0n) is 15.4. The highest BCUT2D eigenvalue weighted by Gasteiger charge is 2.32. The van der Waals surface area contributed by atoms with Crippen molar-refractivity contribution in [1.82, 2.24) is 26.1 Å². The average Bonchev–Trinajstić information content (AvgIpc) is 2.86. The van der Waals surface area contributed by atoms with Crippen LogP contribution in [0.5, 0.6) is 0 Å². The second-order valence-electron chi connectivity index (χ2n) is 7.49. The standard InChI is InChI=1S/C18H30N6O/c1-11-16(12(2)24-23-11)5-4-6-19-18-9-17(20-10-21-18)14-7-15(8-14)22-13(3)25/h9-12,14-16,23-24H,4-8H2,1-3H3,(H,22,25)(H,19,20,21). The number of hydrazine groups is 1. The zero-order valence-corrected chi connectivity index (χ0v) is 15.4. The van der Waals surface area contributed by atoms with Gasteiger partial charge in [-0.15, -0.1) is 0 Å². The number of rotatable bonds is 7. The Morgan fingerprint density at radius 1 is 1.24 bits per heavy atom. The minimum absolute atomic E-state index is 0.0461. The number of nitrogens with zero attached hydrogens (tertiary/aromatic N) is 2. The molecule has 1 aromatic heterocycles. The Morgan fingerprint density at radius 2 is 1.96 bits per heavy atom. The van der Waals surface area contributed by atoms with Gasteiger partial charge in [-0.3, -0.25) is 15.6 Å².